The van der Waals surface area contributed by atoms with E-state index in [4.69, 9.17) is 14.2 Å². The van der Waals surface area contributed by atoms with Crippen LogP contribution in [0, 0.1) is 6.92 Å². The normalized spacial score (nSPS) is 11.7. The summed E-state index contributed by atoms with van der Waals surface area (Å²) in [5.74, 6) is 1.58. The Morgan fingerprint density at radius 3 is 2.40 bits per heavy atom. The fourth-order valence-corrected chi connectivity index (χ4v) is 2.23. The second-order valence-corrected chi connectivity index (χ2v) is 5.68. The van der Waals surface area contributed by atoms with Crippen molar-refractivity contribution in [1.82, 2.24) is 4.57 Å². The van der Waals surface area contributed by atoms with Gasteiger partial charge in [-0.05, 0) is 45.0 Å². The number of ether oxygens (including phenoxy) is 3. The van der Waals surface area contributed by atoms with E-state index < -0.39 is 6.10 Å². The van der Waals surface area contributed by atoms with Crippen molar-refractivity contribution in [1.29, 1.82) is 0 Å². The molecule has 1 aromatic carbocycles. The first-order valence-corrected chi connectivity index (χ1v) is 8.06. The largest absolute Gasteiger partial charge is 0.497 e. The Morgan fingerprint density at radius 2 is 1.80 bits per heavy atom. The minimum Gasteiger partial charge on any atom is -0.497 e. The van der Waals surface area contributed by atoms with Gasteiger partial charge in [0.25, 0.3) is 0 Å². The summed E-state index contributed by atoms with van der Waals surface area (Å²) >= 11 is 0. The minimum absolute atomic E-state index is 0.128. The number of nitrogens with zero attached hydrogens (tertiary/aromatic N) is 1. The zero-order valence-electron chi connectivity index (χ0n) is 14.9. The number of benzene rings is 1. The maximum atomic E-state index is 12.0. The van der Waals surface area contributed by atoms with E-state index in [0.717, 1.165) is 11.5 Å². The lowest BCUT2D eigenvalue weighted by molar-refractivity contribution is -0.122. The zero-order valence-corrected chi connectivity index (χ0v) is 14.9. The van der Waals surface area contributed by atoms with E-state index in [9.17, 15) is 9.59 Å². The van der Waals surface area contributed by atoms with Crippen molar-refractivity contribution in [3.8, 4) is 17.2 Å². The summed E-state index contributed by atoms with van der Waals surface area (Å²) in [5, 5.41) is 0. The van der Waals surface area contributed by atoms with Gasteiger partial charge in [0.1, 0.15) is 18.1 Å². The highest BCUT2D eigenvalue weighted by Gasteiger charge is 2.15. The van der Waals surface area contributed by atoms with Gasteiger partial charge < -0.3 is 18.8 Å². The summed E-state index contributed by atoms with van der Waals surface area (Å²) in [6.45, 7) is 5.83. The molecule has 0 saturated carbocycles. The first kappa shape index (κ1) is 18.6. The van der Waals surface area contributed by atoms with E-state index >= 15 is 0 Å². The van der Waals surface area contributed by atoms with Gasteiger partial charge >= 0.3 is 0 Å². The number of methoxy groups -OCH3 is 1. The van der Waals surface area contributed by atoms with Crippen molar-refractivity contribution in [2.75, 3.05) is 13.7 Å². The molecule has 1 heterocycles. The van der Waals surface area contributed by atoms with Gasteiger partial charge in [-0.3, -0.25) is 9.59 Å². The van der Waals surface area contributed by atoms with Gasteiger partial charge in [0.05, 0.1) is 19.3 Å². The molecule has 0 bridgehead atoms. The number of carbonyl (C=O) groups excluding carboxylic acids is 1. The minimum atomic E-state index is -0.655. The van der Waals surface area contributed by atoms with E-state index in [1.54, 1.807) is 27.2 Å². The predicted molar refractivity (Wildman–Crippen MR) is 94.7 cm³/mol. The Hall–Kier alpha value is -2.76. The number of aromatic nitrogens is 1. The molecular formula is C19H23NO5. The molecule has 0 aliphatic carbocycles. The highest BCUT2D eigenvalue weighted by Crippen LogP contribution is 2.18. The van der Waals surface area contributed by atoms with Crippen molar-refractivity contribution in [3.63, 3.8) is 0 Å². The van der Waals surface area contributed by atoms with Gasteiger partial charge in [0.15, 0.2) is 17.6 Å². The Labute approximate surface area is 147 Å². The van der Waals surface area contributed by atoms with E-state index in [1.807, 2.05) is 28.8 Å². The molecule has 0 amide bonds. The Kier molecular flexibility index (Phi) is 6.22. The van der Waals surface area contributed by atoms with E-state index in [1.165, 1.54) is 13.0 Å². The van der Waals surface area contributed by atoms with Crippen LogP contribution in [0.2, 0.25) is 0 Å². The number of hydrogen-bond acceptors (Lipinski definition) is 5. The molecule has 1 atom stereocenters. The Bertz CT molecular complexity index is 779. The lowest BCUT2D eigenvalue weighted by Crippen LogP contribution is -2.26. The molecular weight excluding hydrogens is 322 g/mol. The summed E-state index contributed by atoms with van der Waals surface area (Å²) in [6.07, 6.45) is 1.04. The average molecular weight is 345 g/mol. The van der Waals surface area contributed by atoms with Crippen molar-refractivity contribution < 1.29 is 19.0 Å². The molecule has 1 aromatic heterocycles. The van der Waals surface area contributed by atoms with E-state index in [0.29, 0.717) is 18.8 Å². The fraction of sp³-hybridized carbons (Fsp3) is 0.368. The molecule has 2 aromatic rings. The van der Waals surface area contributed by atoms with Crippen LogP contribution in [0.1, 0.15) is 19.5 Å². The maximum absolute atomic E-state index is 12.0. The lowest BCUT2D eigenvalue weighted by Gasteiger charge is -2.17. The van der Waals surface area contributed by atoms with Crippen LogP contribution in [-0.4, -0.2) is 30.2 Å². The highest BCUT2D eigenvalue weighted by atomic mass is 16.5. The average Bonchev–Trinajstić information content (AvgIpc) is 2.60. The van der Waals surface area contributed by atoms with Crippen LogP contribution < -0.4 is 19.6 Å². The first-order chi connectivity index (χ1) is 11.9. The van der Waals surface area contributed by atoms with Crippen LogP contribution in [0.3, 0.4) is 0 Å². The first-order valence-electron chi connectivity index (χ1n) is 8.06. The second-order valence-electron chi connectivity index (χ2n) is 5.68. The molecule has 0 N–H and O–H groups in total. The van der Waals surface area contributed by atoms with Gasteiger partial charge in [-0.25, -0.2) is 0 Å². The summed E-state index contributed by atoms with van der Waals surface area (Å²) in [6, 6.07) is 8.76. The molecule has 0 aliphatic rings. The quantitative estimate of drug-likeness (QED) is 0.736. The Morgan fingerprint density at radius 1 is 1.16 bits per heavy atom. The standard InChI is InChI=1S/C19H23NO5/c1-13-19(25-15(3)14(2)21)18(22)9-10-20(13)11-12-24-17-7-5-16(23-4)6-8-17/h5-10,15H,11-12H2,1-4H3. The fourth-order valence-electron chi connectivity index (χ4n) is 2.23. The predicted octanol–water partition coefficient (Wildman–Crippen LogP) is 2.60. The SMILES string of the molecule is COc1ccc(OCCn2ccc(=O)c(OC(C)C(C)=O)c2C)cc1. The van der Waals surface area contributed by atoms with Gasteiger partial charge in [-0.1, -0.05) is 0 Å². The van der Waals surface area contributed by atoms with E-state index in [2.05, 4.69) is 0 Å². The molecule has 0 aliphatic heterocycles. The Balaban J connectivity index is 2.04. The zero-order chi connectivity index (χ0) is 18.4. The van der Waals surface area contributed by atoms with E-state index in [-0.39, 0.29) is 17.0 Å². The number of Topliss-reactive ketones (excluding diaryl/α,β-unsaturated/α-hetero) is 1. The van der Waals surface area contributed by atoms with Crippen LogP contribution in [0.4, 0.5) is 0 Å². The molecule has 25 heavy (non-hydrogen) atoms. The molecule has 6 heteroatoms. The third-order valence-electron chi connectivity index (χ3n) is 3.92. The van der Waals surface area contributed by atoms with Crippen LogP contribution >= 0.6 is 0 Å². The number of carbonyl (C=O) groups is 1. The lowest BCUT2D eigenvalue weighted by atomic mass is 10.2. The smallest absolute Gasteiger partial charge is 0.223 e. The van der Waals surface area contributed by atoms with Crippen LogP contribution in [-0.2, 0) is 11.3 Å². The molecule has 134 valence electrons. The second kappa shape index (κ2) is 8.37. The summed E-state index contributed by atoms with van der Waals surface area (Å²) in [5.41, 5.74) is 0.428. The maximum Gasteiger partial charge on any atom is 0.223 e. The molecule has 0 fully saturated rings. The van der Waals surface area contributed by atoms with Crippen LogP contribution in [0.15, 0.2) is 41.3 Å². The van der Waals surface area contributed by atoms with Crippen LogP contribution in [0.5, 0.6) is 17.2 Å². The monoisotopic (exact) mass is 345 g/mol. The number of pyridine rings is 1. The van der Waals surface area contributed by atoms with Gasteiger partial charge in [0, 0.05) is 12.3 Å². The summed E-state index contributed by atoms with van der Waals surface area (Å²) in [4.78, 5) is 23.4. The number of rotatable bonds is 8. The molecule has 0 saturated heterocycles. The highest BCUT2D eigenvalue weighted by molar-refractivity contribution is 5.80. The number of ketones is 1. The molecule has 0 radical (unpaired) electrons. The molecule has 0 spiro atoms. The number of hydrogen-bond donors (Lipinski definition) is 0. The van der Waals surface area contributed by atoms with Crippen molar-refractivity contribution in [2.45, 2.75) is 33.4 Å². The van der Waals surface area contributed by atoms with Gasteiger partial charge in [0.2, 0.25) is 5.43 Å². The van der Waals surface area contributed by atoms with Crippen molar-refractivity contribution in [3.05, 3.63) is 52.4 Å². The third kappa shape index (κ3) is 4.86. The van der Waals surface area contributed by atoms with Crippen LogP contribution in [0.25, 0.3) is 0 Å². The molecule has 2 rings (SSSR count). The van der Waals surface area contributed by atoms with Gasteiger partial charge in [-0.2, -0.15) is 0 Å². The molecule has 6 nitrogen and oxygen atoms in total. The topological polar surface area (TPSA) is 66.8 Å². The van der Waals surface area contributed by atoms with Crippen molar-refractivity contribution >= 4 is 5.78 Å². The summed E-state index contributed by atoms with van der Waals surface area (Å²) < 4.78 is 18.2. The van der Waals surface area contributed by atoms with Crippen molar-refractivity contribution in [2.24, 2.45) is 0 Å². The third-order valence-corrected chi connectivity index (χ3v) is 3.92. The molecule has 1 unspecified atom stereocenters. The van der Waals surface area contributed by atoms with Gasteiger partial charge in [-0.15, -0.1) is 0 Å². The summed E-state index contributed by atoms with van der Waals surface area (Å²) in [7, 11) is 1.61.